The molecule has 0 aliphatic carbocycles. The van der Waals surface area contributed by atoms with Gasteiger partial charge in [-0.2, -0.15) is 0 Å². The second-order valence-corrected chi connectivity index (χ2v) is 6.13. The molecule has 7 nitrogen and oxygen atoms in total. The van der Waals surface area contributed by atoms with Gasteiger partial charge in [0.25, 0.3) is 0 Å². The fourth-order valence-corrected chi connectivity index (χ4v) is 2.77. The van der Waals surface area contributed by atoms with Gasteiger partial charge in [0.1, 0.15) is 0 Å². The first-order chi connectivity index (χ1) is 7.99. The summed E-state index contributed by atoms with van der Waals surface area (Å²) in [6, 6.07) is 1.27. The smallest absolute Gasteiger partial charge is 0.354 e. The summed E-state index contributed by atoms with van der Waals surface area (Å²) in [5.74, 6) is -0.797. The van der Waals surface area contributed by atoms with Gasteiger partial charge in [-0.15, -0.1) is 0 Å². The third-order valence-corrected chi connectivity index (χ3v) is 4.82. The Morgan fingerprint density at radius 2 is 2.35 bits per heavy atom. The molecule has 2 heterocycles. The van der Waals surface area contributed by atoms with Crippen LogP contribution in [0.25, 0.3) is 0 Å². The maximum absolute atomic E-state index is 11.2. The molecule has 2 N–H and O–H groups in total. The average molecular weight is 257 g/mol. The zero-order valence-corrected chi connectivity index (χ0v) is 9.64. The number of aromatic carboxylic acids is 1. The van der Waals surface area contributed by atoms with E-state index < -0.39 is 21.1 Å². The summed E-state index contributed by atoms with van der Waals surface area (Å²) in [6.07, 6.45) is 1.93. The molecule has 0 saturated carbocycles. The van der Waals surface area contributed by atoms with Gasteiger partial charge < -0.3 is 10.4 Å². The van der Waals surface area contributed by atoms with Gasteiger partial charge in [-0.1, -0.05) is 0 Å². The van der Waals surface area contributed by atoms with Gasteiger partial charge >= 0.3 is 5.97 Å². The monoisotopic (exact) mass is 257 g/mol. The highest BCUT2D eigenvalue weighted by Gasteiger charge is 2.35. The molecule has 1 atom stereocenters. The van der Waals surface area contributed by atoms with Gasteiger partial charge in [-0.25, -0.2) is 23.2 Å². The van der Waals surface area contributed by atoms with Crippen LogP contribution in [0.5, 0.6) is 0 Å². The van der Waals surface area contributed by atoms with Crippen LogP contribution in [0, 0.1) is 0 Å². The third kappa shape index (κ3) is 2.52. The van der Waals surface area contributed by atoms with Crippen LogP contribution in [0.3, 0.4) is 0 Å². The number of nitrogens with zero attached hydrogens (tertiary/aromatic N) is 2. The minimum Gasteiger partial charge on any atom is -0.477 e. The van der Waals surface area contributed by atoms with E-state index in [-0.39, 0.29) is 23.9 Å². The van der Waals surface area contributed by atoms with Crippen molar-refractivity contribution in [3.63, 3.8) is 0 Å². The number of nitrogens with one attached hydrogen (secondary N) is 1. The van der Waals surface area contributed by atoms with Crippen molar-refractivity contribution in [3.05, 3.63) is 18.0 Å². The van der Waals surface area contributed by atoms with E-state index in [1.165, 1.54) is 12.3 Å². The molecule has 1 fully saturated rings. The molecule has 0 spiro atoms. The lowest BCUT2D eigenvalue weighted by molar-refractivity contribution is 0.0690. The van der Waals surface area contributed by atoms with Gasteiger partial charge in [0.2, 0.25) is 5.95 Å². The number of aromatic nitrogens is 2. The number of carboxylic acids is 1. The van der Waals surface area contributed by atoms with E-state index in [9.17, 15) is 13.2 Å². The molecule has 1 aromatic rings. The van der Waals surface area contributed by atoms with Crippen molar-refractivity contribution in [1.82, 2.24) is 9.97 Å². The third-order valence-electron chi connectivity index (χ3n) is 2.59. The average Bonchev–Trinajstić information content (AvgIpc) is 2.28. The number of sulfone groups is 1. The molecule has 1 aliphatic heterocycles. The maximum atomic E-state index is 11.2. The normalized spacial score (nSPS) is 21.5. The van der Waals surface area contributed by atoms with Crippen molar-refractivity contribution in [1.29, 1.82) is 0 Å². The zero-order chi connectivity index (χ0) is 12.5. The van der Waals surface area contributed by atoms with E-state index in [1.807, 2.05) is 0 Å². The van der Waals surface area contributed by atoms with Crippen LogP contribution >= 0.6 is 0 Å². The molecule has 2 rings (SSSR count). The Bertz CT molecular complexity index is 543. The molecule has 17 heavy (non-hydrogen) atoms. The Labute approximate surface area is 97.8 Å². The van der Waals surface area contributed by atoms with Gasteiger partial charge in [-0.3, -0.25) is 0 Å². The summed E-state index contributed by atoms with van der Waals surface area (Å²) < 4.78 is 22.5. The standard InChI is InChI=1S/C9H11N3O4S/c13-8(14)7-1-3-10-9(12-7)11-5-6-2-4-17(6,15)16/h1,3,6H,2,4-5H2,(H,13,14)(H,10,11,12). The largest absolute Gasteiger partial charge is 0.477 e. The second-order valence-electron chi connectivity index (χ2n) is 3.73. The topological polar surface area (TPSA) is 109 Å². The molecule has 1 unspecified atom stereocenters. The van der Waals surface area contributed by atoms with Gasteiger partial charge in [-0.05, 0) is 12.5 Å². The molecular weight excluding hydrogens is 246 g/mol. The Kier molecular flexibility index (Phi) is 2.97. The van der Waals surface area contributed by atoms with Crippen LogP contribution in [0.1, 0.15) is 16.9 Å². The molecule has 8 heteroatoms. The Morgan fingerprint density at radius 1 is 1.59 bits per heavy atom. The van der Waals surface area contributed by atoms with E-state index in [0.717, 1.165) is 0 Å². The Balaban J connectivity index is 2.00. The molecule has 0 aromatic carbocycles. The fourth-order valence-electron chi connectivity index (χ4n) is 1.47. The molecular formula is C9H11N3O4S. The molecule has 92 valence electrons. The van der Waals surface area contributed by atoms with E-state index in [4.69, 9.17) is 5.11 Å². The van der Waals surface area contributed by atoms with Crippen LogP contribution in [0.15, 0.2) is 12.3 Å². The van der Waals surface area contributed by atoms with E-state index in [2.05, 4.69) is 15.3 Å². The van der Waals surface area contributed by atoms with Crippen molar-refractivity contribution in [2.45, 2.75) is 11.7 Å². The maximum Gasteiger partial charge on any atom is 0.354 e. The lowest BCUT2D eigenvalue weighted by atomic mass is 10.3. The Hall–Kier alpha value is -1.70. The van der Waals surface area contributed by atoms with Crippen molar-refractivity contribution in [2.24, 2.45) is 0 Å². The zero-order valence-electron chi connectivity index (χ0n) is 8.83. The fraction of sp³-hybridized carbons (Fsp3) is 0.444. The summed E-state index contributed by atoms with van der Waals surface area (Å²) in [5, 5.41) is 11.0. The first kappa shape index (κ1) is 11.8. The highest BCUT2D eigenvalue weighted by Crippen LogP contribution is 2.20. The predicted molar refractivity (Wildman–Crippen MR) is 59.7 cm³/mol. The van der Waals surface area contributed by atoms with Gasteiger partial charge in [0.05, 0.1) is 11.0 Å². The van der Waals surface area contributed by atoms with Crippen molar-refractivity contribution in [3.8, 4) is 0 Å². The van der Waals surface area contributed by atoms with E-state index in [1.54, 1.807) is 0 Å². The van der Waals surface area contributed by atoms with E-state index in [0.29, 0.717) is 6.42 Å². The summed E-state index contributed by atoms with van der Waals surface area (Å²) in [7, 11) is -2.95. The van der Waals surface area contributed by atoms with Crippen LogP contribution in [-0.2, 0) is 9.84 Å². The quantitative estimate of drug-likeness (QED) is 0.766. The number of hydrogen-bond donors (Lipinski definition) is 2. The first-order valence-corrected chi connectivity index (χ1v) is 6.72. The van der Waals surface area contributed by atoms with Crippen LogP contribution in [-0.4, -0.2) is 47.0 Å². The summed E-state index contributed by atoms with van der Waals surface area (Å²) in [6.45, 7) is 0.214. The lowest BCUT2D eigenvalue weighted by Crippen LogP contribution is -2.41. The highest BCUT2D eigenvalue weighted by atomic mass is 32.2. The molecule has 1 aliphatic rings. The number of anilines is 1. The molecule has 0 radical (unpaired) electrons. The van der Waals surface area contributed by atoms with Crippen molar-refractivity contribution < 1.29 is 18.3 Å². The molecule has 0 amide bonds. The second kappa shape index (κ2) is 4.28. The summed E-state index contributed by atoms with van der Waals surface area (Å²) in [4.78, 5) is 18.2. The highest BCUT2D eigenvalue weighted by molar-refractivity contribution is 7.93. The summed E-state index contributed by atoms with van der Waals surface area (Å²) >= 11 is 0. The van der Waals surface area contributed by atoms with Crippen LogP contribution in [0.2, 0.25) is 0 Å². The van der Waals surface area contributed by atoms with Crippen molar-refractivity contribution >= 4 is 21.8 Å². The van der Waals surface area contributed by atoms with Gasteiger partial charge in [0.15, 0.2) is 15.5 Å². The Morgan fingerprint density at radius 3 is 2.88 bits per heavy atom. The van der Waals surface area contributed by atoms with Crippen LogP contribution < -0.4 is 5.32 Å². The number of hydrogen-bond acceptors (Lipinski definition) is 6. The number of carbonyl (C=O) groups is 1. The molecule has 0 bridgehead atoms. The van der Waals surface area contributed by atoms with Gasteiger partial charge in [0, 0.05) is 12.7 Å². The summed E-state index contributed by atoms with van der Waals surface area (Å²) in [5.41, 5.74) is -0.126. The SMILES string of the molecule is O=C(O)c1ccnc(NCC2CCS2(=O)=O)n1. The first-order valence-electron chi connectivity index (χ1n) is 5.01. The number of rotatable bonds is 4. The van der Waals surface area contributed by atoms with Crippen LogP contribution in [0.4, 0.5) is 5.95 Å². The number of carboxylic acid groups (broad SMARTS) is 1. The van der Waals surface area contributed by atoms with Crippen molar-refractivity contribution in [2.75, 3.05) is 17.6 Å². The molecule has 1 aromatic heterocycles. The van der Waals surface area contributed by atoms with E-state index >= 15 is 0 Å². The lowest BCUT2D eigenvalue weighted by Gasteiger charge is -2.25. The minimum absolute atomic E-state index is 0.126. The predicted octanol–water partition coefficient (Wildman–Crippen LogP) is -0.226. The molecule has 1 saturated heterocycles. The minimum atomic E-state index is -2.95.